The molecule has 2 nitrogen and oxygen atoms in total. The van der Waals surface area contributed by atoms with Crippen molar-refractivity contribution in [3.63, 3.8) is 0 Å². The molecular formula is C19H22O2. The van der Waals surface area contributed by atoms with Gasteiger partial charge in [-0.05, 0) is 48.9 Å². The molecule has 0 saturated heterocycles. The van der Waals surface area contributed by atoms with Crippen LogP contribution in [0.4, 0.5) is 0 Å². The van der Waals surface area contributed by atoms with Gasteiger partial charge in [0.15, 0.2) is 0 Å². The molecule has 2 aromatic carbocycles. The van der Waals surface area contributed by atoms with E-state index in [4.69, 9.17) is 0 Å². The van der Waals surface area contributed by atoms with Crippen molar-refractivity contribution in [3.05, 3.63) is 71.8 Å². The molecule has 0 radical (unpaired) electrons. The lowest BCUT2D eigenvalue weighted by Crippen LogP contribution is -2.07. The third-order valence-electron chi connectivity index (χ3n) is 3.48. The van der Waals surface area contributed by atoms with Gasteiger partial charge in [-0.1, -0.05) is 54.6 Å². The molecule has 0 fully saturated rings. The number of aryl methyl sites for hydroxylation is 1. The van der Waals surface area contributed by atoms with E-state index in [2.05, 4.69) is 24.3 Å². The van der Waals surface area contributed by atoms with E-state index in [0.717, 1.165) is 31.2 Å². The third kappa shape index (κ3) is 5.84. The molecule has 1 atom stereocenters. The van der Waals surface area contributed by atoms with E-state index in [-0.39, 0.29) is 11.9 Å². The number of aromatic hydroxyl groups is 1. The Morgan fingerprint density at radius 3 is 2.33 bits per heavy atom. The summed E-state index contributed by atoms with van der Waals surface area (Å²) in [4.78, 5) is 0. The maximum absolute atomic E-state index is 9.98. The standard InChI is InChI=1S/C19H22O2/c20-18(13-10-17-11-14-19(21)15-12-17)9-5-4-8-16-6-2-1-3-7-16/h1-4,6-8,11-12,14-15,18,20-21H,5,9-10,13H2/b8-4+/t18-/m0/s1. The van der Waals surface area contributed by atoms with E-state index in [1.54, 1.807) is 12.1 Å². The monoisotopic (exact) mass is 282 g/mol. The van der Waals surface area contributed by atoms with E-state index in [0.29, 0.717) is 0 Å². The zero-order valence-electron chi connectivity index (χ0n) is 12.2. The number of aliphatic hydroxyl groups excluding tert-OH is 1. The number of phenols is 1. The number of phenolic OH excluding ortho intramolecular Hbond substituents is 1. The van der Waals surface area contributed by atoms with Gasteiger partial charge >= 0.3 is 0 Å². The van der Waals surface area contributed by atoms with Crippen LogP contribution in [0.15, 0.2) is 60.7 Å². The van der Waals surface area contributed by atoms with E-state index in [1.807, 2.05) is 30.3 Å². The lowest BCUT2D eigenvalue weighted by molar-refractivity contribution is 0.156. The van der Waals surface area contributed by atoms with Crippen molar-refractivity contribution in [1.82, 2.24) is 0 Å². The second kappa shape index (κ2) is 8.28. The zero-order valence-corrected chi connectivity index (χ0v) is 12.2. The summed E-state index contributed by atoms with van der Waals surface area (Å²) in [6.45, 7) is 0. The van der Waals surface area contributed by atoms with Gasteiger partial charge in [0.25, 0.3) is 0 Å². The Bertz CT molecular complexity index is 544. The second-order valence-electron chi connectivity index (χ2n) is 5.25. The van der Waals surface area contributed by atoms with Crippen molar-refractivity contribution >= 4 is 6.08 Å². The minimum absolute atomic E-state index is 0.278. The minimum atomic E-state index is -0.278. The van der Waals surface area contributed by atoms with Gasteiger partial charge in [-0.25, -0.2) is 0 Å². The number of allylic oxidation sites excluding steroid dienone is 1. The Balaban J connectivity index is 1.66. The Labute approximate surface area is 126 Å². The van der Waals surface area contributed by atoms with E-state index < -0.39 is 0 Å². The van der Waals surface area contributed by atoms with Crippen LogP contribution in [-0.4, -0.2) is 16.3 Å². The molecule has 0 aliphatic heterocycles. The molecule has 0 aliphatic carbocycles. The van der Waals surface area contributed by atoms with Crippen molar-refractivity contribution in [3.8, 4) is 5.75 Å². The summed E-state index contributed by atoms with van der Waals surface area (Å²) < 4.78 is 0. The molecule has 2 N–H and O–H groups in total. The van der Waals surface area contributed by atoms with Gasteiger partial charge in [-0.15, -0.1) is 0 Å². The highest BCUT2D eigenvalue weighted by Gasteiger charge is 2.03. The first kappa shape index (κ1) is 15.3. The van der Waals surface area contributed by atoms with Gasteiger partial charge in [0, 0.05) is 0 Å². The highest BCUT2D eigenvalue weighted by molar-refractivity contribution is 5.48. The van der Waals surface area contributed by atoms with Crippen LogP contribution in [0.5, 0.6) is 5.75 Å². The Morgan fingerprint density at radius 2 is 1.62 bits per heavy atom. The molecule has 0 amide bonds. The SMILES string of the molecule is Oc1ccc(CC[C@@H](O)CC/C=C/c2ccccc2)cc1. The van der Waals surface area contributed by atoms with Crippen LogP contribution in [0.3, 0.4) is 0 Å². The third-order valence-corrected chi connectivity index (χ3v) is 3.48. The predicted molar refractivity (Wildman–Crippen MR) is 87.1 cm³/mol. The highest BCUT2D eigenvalue weighted by atomic mass is 16.3. The van der Waals surface area contributed by atoms with Crippen molar-refractivity contribution in [1.29, 1.82) is 0 Å². The van der Waals surface area contributed by atoms with Crippen molar-refractivity contribution < 1.29 is 10.2 Å². The molecular weight excluding hydrogens is 260 g/mol. The fourth-order valence-corrected chi connectivity index (χ4v) is 2.21. The van der Waals surface area contributed by atoms with Gasteiger partial charge < -0.3 is 10.2 Å². The van der Waals surface area contributed by atoms with Crippen molar-refractivity contribution in [2.75, 3.05) is 0 Å². The lowest BCUT2D eigenvalue weighted by Gasteiger charge is -2.09. The molecule has 0 heterocycles. The van der Waals surface area contributed by atoms with Crippen LogP contribution in [-0.2, 0) is 6.42 Å². The predicted octanol–water partition coefficient (Wildman–Crippen LogP) is 4.18. The average molecular weight is 282 g/mol. The molecule has 0 bridgehead atoms. The number of aliphatic hydroxyl groups is 1. The van der Waals surface area contributed by atoms with E-state index in [1.165, 1.54) is 5.56 Å². The summed E-state index contributed by atoms with van der Waals surface area (Å²) in [5.74, 6) is 0.283. The summed E-state index contributed by atoms with van der Waals surface area (Å²) in [5, 5.41) is 19.2. The Morgan fingerprint density at radius 1 is 0.905 bits per heavy atom. The topological polar surface area (TPSA) is 40.5 Å². The van der Waals surface area contributed by atoms with Crippen LogP contribution in [0.25, 0.3) is 6.08 Å². The average Bonchev–Trinajstić information content (AvgIpc) is 2.52. The van der Waals surface area contributed by atoms with Gasteiger partial charge in [0.1, 0.15) is 5.75 Å². The van der Waals surface area contributed by atoms with Gasteiger partial charge in [0.05, 0.1) is 6.10 Å². The second-order valence-corrected chi connectivity index (χ2v) is 5.25. The maximum Gasteiger partial charge on any atom is 0.115 e. The Kier molecular flexibility index (Phi) is 6.04. The fourth-order valence-electron chi connectivity index (χ4n) is 2.21. The largest absolute Gasteiger partial charge is 0.508 e. The summed E-state index contributed by atoms with van der Waals surface area (Å²) in [5.41, 5.74) is 2.34. The summed E-state index contributed by atoms with van der Waals surface area (Å²) in [6, 6.07) is 17.3. The van der Waals surface area contributed by atoms with Crippen LogP contribution in [0, 0.1) is 0 Å². The van der Waals surface area contributed by atoms with Crippen molar-refractivity contribution in [2.24, 2.45) is 0 Å². The first-order valence-corrected chi connectivity index (χ1v) is 7.41. The quantitative estimate of drug-likeness (QED) is 0.799. The van der Waals surface area contributed by atoms with E-state index >= 15 is 0 Å². The molecule has 21 heavy (non-hydrogen) atoms. The molecule has 0 aromatic heterocycles. The highest BCUT2D eigenvalue weighted by Crippen LogP contribution is 2.13. The molecule has 110 valence electrons. The van der Waals surface area contributed by atoms with Gasteiger partial charge in [-0.3, -0.25) is 0 Å². The van der Waals surface area contributed by atoms with E-state index in [9.17, 15) is 10.2 Å². The first-order valence-electron chi connectivity index (χ1n) is 7.41. The Hall–Kier alpha value is -2.06. The number of rotatable bonds is 7. The molecule has 0 unspecified atom stereocenters. The molecule has 0 spiro atoms. The van der Waals surface area contributed by atoms with Crippen LogP contribution >= 0.6 is 0 Å². The lowest BCUT2D eigenvalue weighted by atomic mass is 10.0. The number of hydrogen-bond acceptors (Lipinski definition) is 2. The molecule has 0 aliphatic rings. The number of benzene rings is 2. The van der Waals surface area contributed by atoms with Crippen LogP contribution in [0.2, 0.25) is 0 Å². The molecule has 0 saturated carbocycles. The minimum Gasteiger partial charge on any atom is -0.508 e. The molecule has 2 rings (SSSR count). The molecule has 2 heteroatoms. The van der Waals surface area contributed by atoms with Crippen molar-refractivity contribution in [2.45, 2.75) is 31.8 Å². The van der Waals surface area contributed by atoms with Gasteiger partial charge in [0.2, 0.25) is 0 Å². The van der Waals surface area contributed by atoms with Crippen LogP contribution < -0.4 is 0 Å². The smallest absolute Gasteiger partial charge is 0.115 e. The van der Waals surface area contributed by atoms with Crippen LogP contribution in [0.1, 0.15) is 30.4 Å². The normalized spacial score (nSPS) is 12.6. The summed E-state index contributed by atoms with van der Waals surface area (Å²) in [6.07, 6.45) is 7.17. The summed E-state index contributed by atoms with van der Waals surface area (Å²) in [7, 11) is 0. The zero-order chi connectivity index (χ0) is 14.9. The first-order chi connectivity index (χ1) is 10.2. The number of hydrogen-bond donors (Lipinski definition) is 2. The fraction of sp³-hybridized carbons (Fsp3) is 0.263. The molecule has 2 aromatic rings. The summed E-state index contributed by atoms with van der Waals surface area (Å²) >= 11 is 0. The van der Waals surface area contributed by atoms with Gasteiger partial charge in [-0.2, -0.15) is 0 Å². The maximum atomic E-state index is 9.98.